The molecule has 0 bridgehead atoms. The molecule has 0 N–H and O–H groups in total. The largest absolute Gasteiger partial charge is 0.237 e. The topological polar surface area (TPSA) is 25.8 Å². The molecular weight excluding hydrogens is 220 g/mol. The normalized spacial score (nSPS) is 12.2. The summed E-state index contributed by atoms with van der Waals surface area (Å²) in [5, 5.41) is 2.38. The first-order chi connectivity index (χ1) is 8.57. The van der Waals surface area contributed by atoms with Crippen molar-refractivity contribution < 1.29 is 0 Å². The van der Waals surface area contributed by atoms with E-state index in [0.29, 0.717) is 0 Å². The second-order valence-electron chi connectivity index (χ2n) is 5.63. The van der Waals surface area contributed by atoms with E-state index in [1.54, 1.807) is 6.20 Å². The lowest BCUT2D eigenvalue weighted by Crippen LogP contribution is -2.13. The molecule has 0 saturated heterocycles. The van der Waals surface area contributed by atoms with Crippen LogP contribution in [0.1, 0.15) is 26.3 Å². The maximum Gasteiger partial charge on any atom is 0.160 e. The Labute approximate surface area is 107 Å². The molecule has 90 valence electrons. The van der Waals surface area contributed by atoms with E-state index >= 15 is 0 Å². The highest BCUT2D eigenvalue weighted by Gasteiger charge is 2.21. The SMILES string of the molecule is CC(C)(C)c1c2ccccc2nc2ncccc12. The molecule has 0 aliphatic carbocycles. The first-order valence-electron chi connectivity index (χ1n) is 6.21. The Bertz CT molecular complexity index is 670. The van der Waals surface area contributed by atoms with Crippen LogP contribution in [0.2, 0.25) is 0 Å². The Hall–Kier alpha value is -1.96. The van der Waals surface area contributed by atoms with Crippen molar-refractivity contribution in [3.63, 3.8) is 0 Å². The number of para-hydroxylation sites is 1. The number of hydrogen-bond donors (Lipinski definition) is 0. The van der Waals surface area contributed by atoms with Crippen molar-refractivity contribution in [1.82, 2.24) is 9.97 Å². The zero-order chi connectivity index (χ0) is 12.8. The molecule has 0 saturated carbocycles. The molecule has 2 heteroatoms. The van der Waals surface area contributed by atoms with Crippen molar-refractivity contribution in [1.29, 1.82) is 0 Å². The van der Waals surface area contributed by atoms with Gasteiger partial charge in [-0.25, -0.2) is 9.97 Å². The molecule has 0 aliphatic rings. The van der Waals surface area contributed by atoms with Crippen LogP contribution in [-0.2, 0) is 5.41 Å². The molecule has 0 atom stereocenters. The van der Waals surface area contributed by atoms with Crippen LogP contribution < -0.4 is 0 Å². The monoisotopic (exact) mass is 236 g/mol. The van der Waals surface area contributed by atoms with Crippen molar-refractivity contribution in [3.05, 3.63) is 48.2 Å². The van der Waals surface area contributed by atoms with E-state index in [1.165, 1.54) is 10.9 Å². The molecule has 0 amide bonds. The number of rotatable bonds is 0. The molecule has 2 heterocycles. The summed E-state index contributed by atoms with van der Waals surface area (Å²) in [5.41, 5.74) is 3.26. The Balaban J connectivity index is 2.58. The van der Waals surface area contributed by atoms with Crippen molar-refractivity contribution in [2.45, 2.75) is 26.2 Å². The lowest BCUT2D eigenvalue weighted by Gasteiger charge is -2.23. The first kappa shape index (κ1) is 11.1. The summed E-state index contributed by atoms with van der Waals surface area (Å²) in [6.07, 6.45) is 1.80. The van der Waals surface area contributed by atoms with Gasteiger partial charge in [-0.2, -0.15) is 0 Å². The minimum absolute atomic E-state index is 0.0732. The van der Waals surface area contributed by atoms with Crippen LogP contribution in [0.4, 0.5) is 0 Å². The smallest absolute Gasteiger partial charge is 0.160 e. The van der Waals surface area contributed by atoms with Crippen LogP contribution in [0.3, 0.4) is 0 Å². The van der Waals surface area contributed by atoms with Gasteiger partial charge in [-0.05, 0) is 29.2 Å². The average Bonchev–Trinajstić information content (AvgIpc) is 2.34. The summed E-state index contributed by atoms with van der Waals surface area (Å²) in [7, 11) is 0. The van der Waals surface area contributed by atoms with Gasteiger partial charge in [-0.1, -0.05) is 39.0 Å². The van der Waals surface area contributed by atoms with Crippen LogP contribution in [0.5, 0.6) is 0 Å². The minimum atomic E-state index is 0.0732. The van der Waals surface area contributed by atoms with Gasteiger partial charge in [0.05, 0.1) is 5.52 Å². The average molecular weight is 236 g/mol. The molecule has 0 radical (unpaired) electrons. The van der Waals surface area contributed by atoms with Crippen LogP contribution in [0.25, 0.3) is 21.9 Å². The van der Waals surface area contributed by atoms with E-state index in [0.717, 1.165) is 16.6 Å². The van der Waals surface area contributed by atoms with E-state index in [9.17, 15) is 0 Å². The molecule has 2 aromatic heterocycles. The van der Waals surface area contributed by atoms with Crippen molar-refractivity contribution in [3.8, 4) is 0 Å². The summed E-state index contributed by atoms with van der Waals surface area (Å²) < 4.78 is 0. The van der Waals surface area contributed by atoms with Gasteiger partial charge in [0.15, 0.2) is 5.65 Å². The molecule has 2 nitrogen and oxygen atoms in total. The van der Waals surface area contributed by atoms with Gasteiger partial charge in [-0.3, -0.25) is 0 Å². The molecule has 18 heavy (non-hydrogen) atoms. The van der Waals surface area contributed by atoms with Gasteiger partial charge >= 0.3 is 0 Å². The fourth-order valence-electron chi connectivity index (χ4n) is 2.53. The molecule has 3 aromatic rings. The summed E-state index contributed by atoms with van der Waals surface area (Å²) in [5.74, 6) is 0. The lowest BCUT2D eigenvalue weighted by molar-refractivity contribution is 0.601. The highest BCUT2D eigenvalue weighted by Crippen LogP contribution is 2.34. The van der Waals surface area contributed by atoms with E-state index in [1.807, 2.05) is 12.1 Å². The Morgan fingerprint density at radius 2 is 1.61 bits per heavy atom. The van der Waals surface area contributed by atoms with Crippen LogP contribution in [0.15, 0.2) is 42.6 Å². The van der Waals surface area contributed by atoms with Crippen molar-refractivity contribution >= 4 is 21.9 Å². The fourth-order valence-corrected chi connectivity index (χ4v) is 2.53. The molecule has 0 aliphatic heterocycles. The van der Waals surface area contributed by atoms with Gasteiger partial charge in [0, 0.05) is 17.0 Å². The van der Waals surface area contributed by atoms with Gasteiger partial charge in [0.25, 0.3) is 0 Å². The van der Waals surface area contributed by atoms with E-state index < -0.39 is 0 Å². The van der Waals surface area contributed by atoms with Crippen molar-refractivity contribution in [2.24, 2.45) is 0 Å². The third-order valence-corrected chi connectivity index (χ3v) is 3.21. The molecular formula is C16H16N2. The third-order valence-electron chi connectivity index (χ3n) is 3.21. The van der Waals surface area contributed by atoms with Gasteiger partial charge in [0.1, 0.15) is 0 Å². The Kier molecular flexibility index (Phi) is 2.34. The first-order valence-corrected chi connectivity index (χ1v) is 6.21. The van der Waals surface area contributed by atoms with Crippen LogP contribution in [-0.4, -0.2) is 9.97 Å². The van der Waals surface area contributed by atoms with E-state index in [-0.39, 0.29) is 5.41 Å². The highest BCUT2D eigenvalue weighted by molar-refractivity contribution is 5.96. The maximum atomic E-state index is 4.64. The number of aromatic nitrogens is 2. The van der Waals surface area contributed by atoms with E-state index in [4.69, 9.17) is 0 Å². The highest BCUT2D eigenvalue weighted by atomic mass is 14.8. The maximum absolute atomic E-state index is 4.64. The van der Waals surface area contributed by atoms with Crippen LogP contribution >= 0.6 is 0 Å². The second-order valence-corrected chi connectivity index (χ2v) is 5.63. The number of nitrogens with zero attached hydrogens (tertiary/aromatic N) is 2. The summed E-state index contributed by atoms with van der Waals surface area (Å²) in [6, 6.07) is 12.4. The molecule has 0 unspecified atom stereocenters. The number of fused-ring (bicyclic) bond motifs is 2. The molecule has 0 spiro atoms. The molecule has 3 rings (SSSR count). The Morgan fingerprint density at radius 3 is 2.39 bits per heavy atom. The Morgan fingerprint density at radius 1 is 0.889 bits per heavy atom. The second kappa shape index (κ2) is 3.77. The van der Waals surface area contributed by atoms with Crippen molar-refractivity contribution in [2.75, 3.05) is 0 Å². The summed E-state index contributed by atoms with van der Waals surface area (Å²) in [6.45, 7) is 6.71. The summed E-state index contributed by atoms with van der Waals surface area (Å²) in [4.78, 5) is 9.04. The quantitative estimate of drug-likeness (QED) is 0.550. The number of benzene rings is 1. The van der Waals surface area contributed by atoms with E-state index in [2.05, 4.69) is 55.0 Å². The summed E-state index contributed by atoms with van der Waals surface area (Å²) >= 11 is 0. The predicted octanol–water partition coefficient (Wildman–Crippen LogP) is 4.08. The fraction of sp³-hybridized carbons (Fsp3) is 0.250. The number of pyridine rings is 2. The van der Waals surface area contributed by atoms with Gasteiger partial charge in [0.2, 0.25) is 0 Å². The van der Waals surface area contributed by atoms with Gasteiger partial charge < -0.3 is 0 Å². The molecule has 0 fully saturated rings. The minimum Gasteiger partial charge on any atom is -0.237 e. The van der Waals surface area contributed by atoms with Crippen LogP contribution in [0, 0.1) is 0 Å². The lowest BCUT2D eigenvalue weighted by atomic mass is 9.82. The zero-order valence-corrected chi connectivity index (χ0v) is 10.9. The number of hydrogen-bond acceptors (Lipinski definition) is 2. The van der Waals surface area contributed by atoms with Gasteiger partial charge in [-0.15, -0.1) is 0 Å². The predicted molar refractivity (Wildman–Crippen MR) is 75.7 cm³/mol. The zero-order valence-electron chi connectivity index (χ0n) is 10.9. The third kappa shape index (κ3) is 1.65. The standard InChI is InChI=1S/C16H16N2/c1-16(2,3)14-11-7-4-5-9-13(11)18-15-12(14)8-6-10-17-15/h4-10H,1-3H3. The molecule has 1 aromatic carbocycles.